The molecule has 0 amide bonds. The van der Waals surface area contributed by atoms with Crippen LogP contribution in [-0.2, 0) is 16.1 Å². The number of rotatable bonds is 7. The molecule has 3 aromatic carbocycles. The summed E-state index contributed by atoms with van der Waals surface area (Å²) in [5.74, 6) is 1.16. The van der Waals surface area contributed by atoms with Crippen molar-refractivity contribution in [1.82, 2.24) is 0 Å². The number of ether oxygens (including phenoxy) is 3. The van der Waals surface area contributed by atoms with Crippen LogP contribution in [-0.4, -0.2) is 12.6 Å². The van der Waals surface area contributed by atoms with Crippen molar-refractivity contribution >= 4 is 29.4 Å². The van der Waals surface area contributed by atoms with Crippen molar-refractivity contribution in [3.05, 3.63) is 106 Å². The minimum absolute atomic E-state index is 0.240. The van der Waals surface area contributed by atoms with E-state index in [1.54, 1.807) is 48.6 Å². The Morgan fingerprint density at radius 2 is 1.82 bits per heavy atom. The summed E-state index contributed by atoms with van der Waals surface area (Å²) in [6.07, 6.45) is 3.44. The average Bonchev–Trinajstić information content (AvgIpc) is 3.19. The van der Waals surface area contributed by atoms with Crippen LogP contribution in [0.15, 0.2) is 78.4 Å². The van der Waals surface area contributed by atoms with E-state index in [-0.39, 0.29) is 6.61 Å². The molecule has 0 radical (unpaired) electrons. The zero-order valence-electron chi connectivity index (χ0n) is 17.9. The highest BCUT2D eigenvalue weighted by atomic mass is 35.5. The Kier molecular flexibility index (Phi) is 6.77. The summed E-state index contributed by atoms with van der Waals surface area (Å²) in [7, 11) is 0. The van der Waals surface area contributed by atoms with Crippen molar-refractivity contribution < 1.29 is 19.0 Å². The number of nitrogens with zero attached hydrogens (tertiary/aromatic N) is 1. The minimum atomic E-state index is -0.425. The van der Waals surface area contributed by atoms with E-state index >= 15 is 0 Å². The summed E-state index contributed by atoms with van der Waals surface area (Å²) in [5.41, 5.74) is 3.33. The minimum Gasteiger partial charge on any atom is -0.490 e. The van der Waals surface area contributed by atoms with Crippen LogP contribution in [0.25, 0.3) is 11.8 Å². The van der Waals surface area contributed by atoms with Crippen LogP contribution >= 0.6 is 11.6 Å². The van der Waals surface area contributed by atoms with E-state index in [1.807, 2.05) is 37.3 Å². The molecule has 0 unspecified atom stereocenters. The molecule has 0 bridgehead atoms. The van der Waals surface area contributed by atoms with Gasteiger partial charge in [-0.15, -0.1) is 0 Å². The van der Waals surface area contributed by atoms with E-state index in [4.69, 9.17) is 25.8 Å². The molecule has 4 rings (SSSR count). The van der Waals surface area contributed by atoms with Crippen LogP contribution in [0.5, 0.6) is 11.5 Å². The van der Waals surface area contributed by atoms with Gasteiger partial charge in [-0.25, -0.2) is 4.79 Å². The topological polar surface area (TPSA) is 68.6 Å². The average molecular weight is 458 g/mol. The van der Waals surface area contributed by atoms with E-state index < -0.39 is 5.97 Å². The number of carbonyl (C=O) groups is 1. The van der Waals surface area contributed by atoms with Gasteiger partial charge < -0.3 is 14.2 Å². The molecule has 1 aliphatic heterocycles. The van der Waals surface area contributed by atoms with E-state index in [0.29, 0.717) is 40.0 Å². The van der Waals surface area contributed by atoms with Gasteiger partial charge in [0, 0.05) is 16.1 Å². The van der Waals surface area contributed by atoms with Crippen molar-refractivity contribution in [2.45, 2.75) is 13.5 Å². The van der Waals surface area contributed by atoms with Gasteiger partial charge in [-0.3, -0.25) is 0 Å². The molecule has 0 spiro atoms. The molecule has 0 atom stereocenters. The smallest absolute Gasteiger partial charge is 0.343 e. The molecule has 6 heteroatoms. The second-order valence-electron chi connectivity index (χ2n) is 7.20. The zero-order chi connectivity index (χ0) is 23.2. The molecule has 1 heterocycles. The fourth-order valence-corrected chi connectivity index (χ4v) is 3.46. The third-order valence-corrected chi connectivity index (χ3v) is 5.22. The van der Waals surface area contributed by atoms with Crippen LogP contribution in [0.4, 0.5) is 0 Å². The Hall–Kier alpha value is -4.01. The quantitative estimate of drug-likeness (QED) is 0.313. The van der Waals surface area contributed by atoms with Crippen molar-refractivity contribution in [2.24, 2.45) is 0 Å². The molecule has 0 N–H and O–H groups in total. The number of halogens is 1. The maximum atomic E-state index is 12.4. The lowest BCUT2D eigenvalue weighted by Gasteiger charge is -2.13. The van der Waals surface area contributed by atoms with Crippen LogP contribution < -0.4 is 9.47 Å². The van der Waals surface area contributed by atoms with Gasteiger partial charge in [-0.2, -0.15) is 5.26 Å². The second kappa shape index (κ2) is 10.1. The van der Waals surface area contributed by atoms with Gasteiger partial charge in [-0.1, -0.05) is 35.9 Å². The third kappa shape index (κ3) is 5.25. The van der Waals surface area contributed by atoms with Crippen LogP contribution in [0, 0.1) is 11.3 Å². The number of carbonyl (C=O) groups excluding carboxylic acids is 1. The molecule has 0 aliphatic carbocycles. The molecule has 164 valence electrons. The predicted molar refractivity (Wildman–Crippen MR) is 127 cm³/mol. The fourth-order valence-electron chi connectivity index (χ4n) is 3.34. The molecule has 5 nitrogen and oxygen atoms in total. The SMILES string of the molecule is CCOc1cc(/C=C2\C=C(c3ccc(Cl)cc3)OC2=O)ccc1OCc1ccccc1C#N. The summed E-state index contributed by atoms with van der Waals surface area (Å²) in [6.45, 7) is 2.58. The van der Waals surface area contributed by atoms with Gasteiger partial charge in [0.05, 0.1) is 23.8 Å². The van der Waals surface area contributed by atoms with Gasteiger partial charge in [0.1, 0.15) is 12.4 Å². The molecular formula is C27H20ClNO4. The first-order valence-electron chi connectivity index (χ1n) is 10.4. The van der Waals surface area contributed by atoms with Crippen molar-refractivity contribution in [3.63, 3.8) is 0 Å². The Balaban J connectivity index is 1.57. The number of hydrogen-bond donors (Lipinski definition) is 0. The lowest BCUT2D eigenvalue weighted by molar-refractivity contribution is -0.130. The van der Waals surface area contributed by atoms with E-state index in [0.717, 1.165) is 16.7 Å². The van der Waals surface area contributed by atoms with Gasteiger partial charge in [-0.05, 0) is 67.1 Å². The number of nitriles is 1. The molecular weight excluding hydrogens is 438 g/mol. The van der Waals surface area contributed by atoms with E-state index in [9.17, 15) is 10.1 Å². The van der Waals surface area contributed by atoms with Crippen molar-refractivity contribution in [3.8, 4) is 17.6 Å². The Labute approximate surface area is 197 Å². The maximum Gasteiger partial charge on any atom is 0.343 e. The lowest BCUT2D eigenvalue weighted by atomic mass is 10.1. The van der Waals surface area contributed by atoms with Crippen molar-refractivity contribution in [2.75, 3.05) is 6.61 Å². The number of esters is 1. The number of cyclic esters (lactones) is 1. The second-order valence-corrected chi connectivity index (χ2v) is 7.64. The van der Waals surface area contributed by atoms with E-state index in [1.165, 1.54) is 0 Å². The van der Waals surface area contributed by atoms with Crippen LogP contribution in [0.2, 0.25) is 5.02 Å². The fraction of sp³-hybridized carbons (Fsp3) is 0.111. The molecule has 0 saturated heterocycles. The third-order valence-electron chi connectivity index (χ3n) is 4.96. The standard InChI is InChI=1S/C27H20ClNO4/c1-2-31-26-14-18(7-12-24(26)32-17-21-6-4-3-5-20(21)16-29)13-22-15-25(33-27(22)30)19-8-10-23(28)11-9-19/h3-15H,2,17H2,1H3/b22-13+. The monoisotopic (exact) mass is 457 g/mol. The Morgan fingerprint density at radius 3 is 2.58 bits per heavy atom. The highest BCUT2D eigenvalue weighted by molar-refractivity contribution is 6.30. The molecule has 0 saturated carbocycles. The Bertz CT molecular complexity index is 1290. The van der Waals surface area contributed by atoms with Crippen molar-refractivity contribution in [1.29, 1.82) is 5.26 Å². The van der Waals surface area contributed by atoms with Crippen LogP contribution in [0.3, 0.4) is 0 Å². The highest BCUT2D eigenvalue weighted by Gasteiger charge is 2.22. The first kappa shape index (κ1) is 22.2. The van der Waals surface area contributed by atoms with Crippen LogP contribution in [0.1, 0.15) is 29.2 Å². The maximum absolute atomic E-state index is 12.4. The lowest BCUT2D eigenvalue weighted by Crippen LogP contribution is -2.01. The largest absolute Gasteiger partial charge is 0.490 e. The van der Waals surface area contributed by atoms with Gasteiger partial charge in [0.25, 0.3) is 0 Å². The highest BCUT2D eigenvalue weighted by Crippen LogP contribution is 2.32. The summed E-state index contributed by atoms with van der Waals surface area (Å²) < 4.78 is 17.1. The van der Waals surface area contributed by atoms with Gasteiger partial charge >= 0.3 is 5.97 Å². The Morgan fingerprint density at radius 1 is 1.03 bits per heavy atom. The first-order valence-corrected chi connectivity index (χ1v) is 10.7. The number of benzene rings is 3. The molecule has 33 heavy (non-hydrogen) atoms. The summed E-state index contributed by atoms with van der Waals surface area (Å²) in [5, 5.41) is 9.88. The van der Waals surface area contributed by atoms with Gasteiger partial charge in [0.15, 0.2) is 11.5 Å². The molecule has 0 aromatic heterocycles. The summed E-state index contributed by atoms with van der Waals surface area (Å²) in [4.78, 5) is 12.4. The van der Waals surface area contributed by atoms with Gasteiger partial charge in [0.2, 0.25) is 0 Å². The van der Waals surface area contributed by atoms with E-state index in [2.05, 4.69) is 6.07 Å². The molecule has 3 aromatic rings. The summed E-state index contributed by atoms with van der Waals surface area (Å²) in [6, 6.07) is 22.0. The molecule has 1 aliphatic rings. The normalized spacial score (nSPS) is 13.9. The molecule has 0 fully saturated rings. The predicted octanol–water partition coefficient (Wildman–Crippen LogP) is 6.17. The first-order chi connectivity index (χ1) is 16.1. The zero-order valence-corrected chi connectivity index (χ0v) is 18.6. The summed E-state index contributed by atoms with van der Waals surface area (Å²) >= 11 is 5.93. The number of hydrogen-bond acceptors (Lipinski definition) is 5.